The lowest BCUT2D eigenvalue weighted by molar-refractivity contribution is -0.134. The zero-order valence-electron chi connectivity index (χ0n) is 11.4. The Morgan fingerprint density at radius 2 is 1.79 bits per heavy atom. The van der Waals surface area contributed by atoms with Gasteiger partial charge in [-0.3, -0.25) is 0 Å². The van der Waals surface area contributed by atoms with Gasteiger partial charge >= 0.3 is 0 Å². The van der Waals surface area contributed by atoms with Crippen LogP contribution in [0.3, 0.4) is 0 Å². The number of rotatable bonds is 4. The highest BCUT2D eigenvalue weighted by Crippen LogP contribution is 2.54. The van der Waals surface area contributed by atoms with Crippen molar-refractivity contribution in [2.24, 2.45) is 29.4 Å². The molecule has 2 N–H and O–H groups in total. The van der Waals surface area contributed by atoms with Gasteiger partial charge in [0.2, 0.25) is 0 Å². The molecule has 1 heterocycles. The summed E-state index contributed by atoms with van der Waals surface area (Å²) in [6.07, 6.45) is 9.30. The third-order valence-electron chi connectivity index (χ3n) is 5.60. The summed E-state index contributed by atoms with van der Waals surface area (Å²) >= 11 is 0. The molecule has 5 rings (SSSR count). The van der Waals surface area contributed by atoms with E-state index in [4.69, 9.17) is 14.9 Å². The van der Waals surface area contributed by atoms with Gasteiger partial charge in [-0.05, 0) is 61.8 Å². The maximum atomic E-state index is 6.26. The topological polar surface area (TPSA) is 48.4 Å². The monoisotopic (exact) mass is 261 g/mol. The Hall–Kier alpha value is -0.800. The normalized spacial score (nSPS) is 39.9. The average molecular weight is 261 g/mol. The molecule has 0 radical (unpaired) electrons. The second-order valence-electron chi connectivity index (χ2n) is 6.78. The molecule has 4 aliphatic rings. The zero-order chi connectivity index (χ0) is 12.8. The maximum absolute atomic E-state index is 6.26. The van der Waals surface area contributed by atoms with Crippen LogP contribution in [0.1, 0.15) is 43.4 Å². The Bertz CT molecular complexity index is 425. The number of ether oxygens (including phenoxy) is 1. The largest absolute Gasteiger partial charge is 0.467 e. The highest BCUT2D eigenvalue weighted by atomic mass is 16.5. The van der Waals surface area contributed by atoms with Crippen molar-refractivity contribution in [2.45, 2.75) is 51.4 Å². The lowest BCUT2D eigenvalue weighted by atomic mass is 9.55. The van der Waals surface area contributed by atoms with Crippen LogP contribution in [-0.4, -0.2) is 6.10 Å². The summed E-state index contributed by atoms with van der Waals surface area (Å²) in [5.41, 5.74) is 6.79. The lowest BCUT2D eigenvalue weighted by Crippen LogP contribution is -2.49. The molecule has 0 amide bonds. The molecule has 19 heavy (non-hydrogen) atoms. The van der Waals surface area contributed by atoms with Crippen molar-refractivity contribution >= 4 is 0 Å². The van der Waals surface area contributed by atoms with Crippen LogP contribution in [0.4, 0.5) is 0 Å². The fourth-order valence-electron chi connectivity index (χ4n) is 4.99. The van der Waals surface area contributed by atoms with E-state index in [1.165, 1.54) is 32.1 Å². The molecule has 0 aliphatic heterocycles. The van der Waals surface area contributed by atoms with Crippen molar-refractivity contribution in [2.75, 3.05) is 0 Å². The molecule has 3 heteroatoms. The van der Waals surface area contributed by atoms with Gasteiger partial charge in [0, 0.05) is 12.1 Å². The van der Waals surface area contributed by atoms with E-state index in [2.05, 4.69) is 0 Å². The predicted octanol–water partition coefficient (Wildman–Crippen LogP) is 3.08. The first-order valence-corrected chi connectivity index (χ1v) is 7.70. The second kappa shape index (κ2) is 4.64. The van der Waals surface area contributed by atoms with Gasteiger partial charge < -0.3 is 14.9 Å². The Morgan fingerprint density at radius 1 is 1.11 bits per heavy atom. The molecule has 0 spiro atoms. The standard InChI is InChI=1S/C16H23NO2/c17-8-12-1-2-18-15(12)9-19-16-13-4-10-3-11(6-13)7-14(16)5-10/h1-2,10-11,13-14,16H,3-9,17H2. The molecule has 0 unspecified atom stereocenters. The highest BCUT2D eigenvalue weighted by Gasteiger charge is 2.48. The van der Waals surface area contributed by atoms with Crippen LogP contribution in [0.5, 0.6) is 0 Å². The first-order chi connectivity index (χ1) is 9.33. The quantitative estimate of drug-likeness (QED) is 0.906. The predicted molar refractivity (Wildman–Crippen MR) is 72.2 cm³/mol. The van der Waals surface area contributed by atoms with Crippen molar-refractivity contribution in [3.63, 3.8) is 0 Å². The van der Waals surface area contributed by atoms with E-state index in [1.807, 2.05) is 6.07 Å². The fraction of sp³-hybridized carbons (Fsp3) is 0.750. The van der Waals surface area contributed by atoms with Gasteiger partial charge in [0.1, 0.15) is 12.4 Å². The maximum Gasteiger partial charge on any atom is 0.133 e. The van der Waals surface area contributed by atoms with Crippen LogP contribution in [0.2, 0.25) is 0 Å². The van der Waals surface area contributed by atoms with Crippen molar-refractivity contribution in [3.05, 3.63) is 23.7 Å². The van der Waals surface area contributed by atoms with Crippen LogP contribution in [-0.2, 0) is 17.9 Å². The molecule has 4 fully saturated rings. The van der Waals surface area contributed by atoms with Gasteiger partial charge in [0.05, 0.1) is 12.4 Å². The number of furan rings is 1. The minimum atomic E-state index is 0.475. The summed E-state index contributed by atoms with van der Waals surface area (Å²) in [4.78, 5) is 0. The molecule has 1 aromatic heterocycles. The smallest absolute Gasteiger partial charge is 0.133 e. The molecule has 0 atom stereocenters. The van der Waals surface area contributed by atoms with Gasteiger partial charge in [0.25, 0.3) is 0 Å². The lowest BCUT2D eigenvalue weighted by Gasteiger charge is -2.53. The number of nitrogens with two attached hydrogens (primary N) is 1. The number of hydrogen-bond donors (Lipinski definition) is 1. The summed E-state index contributed by atoms with van der Waals surface area (Å²) < 4.78 is 11.8. The van der Waals surface area contributed by atoms with Crippen LogP contribution in [0, 0.1) is 23.7 Å². The average Bonchev–Trinajstić information content (AvgIpc) is 2.84. The molecular formula is C16H23NO2. The molecular weight excluding hydrogens is 238 g/mol. The zero-order valence-corrected chi connectivity index (χ0v) is 11.4. The summed E-state index contributed by atoms with van der Waals surface area (Å²) in [5.74, 6) is 4.56. The summed E-state index contributed by atoms with van der Waals surface area (Å²) in [7, 11) is 0. The van der Waals surface area contributed by atoms with E-state index < -0.39 is 0 Å². The van der Waals surface area contributed by atoms with E-state index in [9.17, 15) is 0 Å². The molecule has 4 bridgehead atoms. The molecule has 4 aliphatic carbocycles. The molecule has 1 aromatic rings. The van der Waals surface area contributed by atoms with Gasteiger partial charge in [-0.25, -0.2) is 0 Å². The van der Waals surface area contributed by atoms with E-state index in [0.717, 1.165) is 35.0 Å². The first kappa shape index (κ1) is 12.0. The summed E-state index contributed by atoms with van der Waals surface area (Å²) in [6.45, 7) is 1.14. The van der Waals surface area contributed by atoms with Gasteiger partial charge in [-0.1, -0.05) is 0 Å². The van der Waals surface area contributed by atoms with E-state index in [0.29, 0.717) is 19.3 Å². The van der Waals surface area contributed by atoms with Crippen LogP contribution < -0.4 is 5.73 Å². The SMILES string of the molecule is NCc1ccoc1COC1C2CC3CC(C2)CC1C3. The molecule has 104 valence electrons. The third kappa shape index (κ3) is 2.03. The van der Waals surface area contributed by atoms with Crippen molar-refractivity contribution in [1.29, 1.82) is 0 Å². The van der Waals surface area contributed by atoms with Crippen molar-refractivity contribution in [1.82, 2.24) is 0 Å². The van der Waals surface area contributed by atoms with Crippen molar-refractivity contribution < 1.29 is 9.15 Å². The van der Waals surface area contributed by atoms with Crippen LogP contribution in [0.25, 0.3) is 0 Å². The molecule has 3 nitrogen and oxygen atoms in total. The molecule has 0 aromatic carbocycles. The second-order valence-corrected chi connectivity index (χ2v) is 6.78. The minimum Gasteiger partial charge on any atom is -0.467 e. The Balaban J connectivity index is 1.43. The summed E-state index contributed by atoms with van der Waals surface area (Å²) in [6, 6.07) is 1.95. The van der Waals surface area contributed by atoms with Gasteiger partial charge in [-0.15, -0.1) is 0 Å². The highest BCUT2D eigenvalue weighted by molar-refractivity contribution is 5.15. The number of hydrogen-bond acceptors (Lipinski definition) is 3. The third-order valence-corrected chi connectivity index (χ3v) is 5.60. The fourth-order valence-corrected chi connectivity index (χ4v) is 4.99. The van der Waals surface area contributed by atoms with E-state index in [-0.39, 0.29) is 0 Å². The van der Waals surface area contributed by atoms with E-state index >= 15 is 0 Å². The van der Waals surface area contributed by atoms with Gasteiger partial charge in [-0.2, -0.15) is 0 Å². The van der Waals surface area contributed by atoms with Crippen molar-refractivity contribution in [3.8, 4) is 0 Å². The summed E-state index contributed by atoms with van der Waals surface area (Å²) in [5, 5.41) is 0. The molecule has 0 saturated heterocycles. The van der Waals surface area contributed by atoms with Crippen LogP contribution >= 0.6 is 0 Å². The Kier molecular flexibility index (Phi) is 2.92. The minimum absolute atomic E-state index is 0.475. The van der Waals surface area contributed by atoms with Crippen LogP contribution in [0.15, 0.2) is 16.7 Å². The molecule has 4 saturated carbocycles. The Labute approximate surface area is 114 Å². The Morgan fingerprint density at radius 3 is 2.42 bits per heavy atom. The van der Waals surface area contributed by atoms with E-state index in [1.54, 1.807) is 6.26 Å². The first-order valence-electron chi connectivity index (χ1n) is 7.70. The van der Waals surface area contributed by atoms with Gasteiger partial charge in [0.15, 0.2) is 0 Å².